The highest BCUT2D eigenvalue weighted by Crippen LogP contribution is 2.18. The van der Waals surface area contributed by atoms with E-state index in [1.54, 1.807) is 0 Å². The summed E-state index contributed by atoms with van der Waals surface area (Å²) in [6.07, 6.45) is -4.69. The number of alkyl halides is 3. The molecule has 0 aromatic heterocycles. The van der Waals surface area contributed by atoms with Gasteiger partial charge < -0.3 is 10.5 Å². The van der Waals surface area contributed by atoms with Crippen molar-refractivity contribution < 1.29 is 27.0 Å². The van der Waals surface area contributed by atoms with Gasteiger partial charge in [0.15, 0.2) is 0 Å². The van der Waals surface area contributed by atoms with Gasteiger partial charge in [-0.25, -0.2) is 4.39 Å². The summed E-state index contributed by atoms with van der Waals surface area (Å²) >= 11 is 0. The van der Waals surface area contributed by atoms with E-state index < -0.39 is 18.8 Å². The Kier molecular flexibility index (Phi) is 4.71. The zero-order valence-corrected chi connectivity index (χ0v) is 8.76. The molecule has 96 valence electrons. The van der Waals surface area contributed by atoms with Crippen molar-refractivity contribution in [3.8, 4) is 5.75 Å². The summed E-state index contributed by atoms with van der Waals surface area (Å²) in [4.78, 5) is 0. The van der Waals surface area contributed by atoms with Crippen molar-refractivity contribution >= 4 is 0 Å². The third-order valence-electron chi connectivity index (χ3n) is 1.78. The molecule has 0 atom stereocenters. The topological polar surface area (TPSA) is 44.5 Å². The maximum absolute atomic E-state index is 13.0. The van der Waals surface area contributed by atoms with E-state index in [1.807, 2.05) is 0 Å². The molecule has 0 saturated heterocycles. The number of nitrogens with two attached hydrogens (primary N) is 1. The Morgan fingerprint density at radius 1 is 1.12 bits per heavy atom. The molecule has 0 aliphatic rings. The van der Waals surface area contributed by atoms with E-state index in [0.717, 1.165) is 6.07 Å². The Labute approximate surface area is 95.1 Å². The lowest BCUT2D eigenvalue weighted by molar-refractivity contribution is -0.325. The van der Waals surface area contributed by atoms with Crippen LogP contribution in [0.4, 0.5) is 17.6 Å². The maximum Gasteiger partial charge on any atom is 0.522 e. The van der Waals surface area contributed by atoms with Crippen molar-refractivity contribution in [3.63, 3.8) is 0 Å². The van der Waals surface area contributed by atoms with Gasteiger partial charge in [-0.05, 0) is 17.7 Å². The Morgan fingerprint density at radius 3 is 2.41 bits per heavy atom. The molecule has 0 spiro atoms. The second-order valence-electron chi connectivity index (χ2n) is 3.14. The van der Waals surface area contributed by atoms with Crippen molar-refractivity contribution in [2.45, 2.75) is 12.9 Å². The van der Waals surface area contributed by atoms with Crippen LogP contribution in [0.5, 0.6) is 5.75 Å². The second kappa shape index (κ2) is 5.83. The van der Waals surface area contributed by atoms with Gasteiger partial charge >= 0.3 is 6.36 Å². The first-order chi connectivity index (χ1) is 7.90. The lowest BCUT2D eigenvalue weighted by Gasteiger charge is -2.09. The molecule has 7 heteroatoms. The van der Waals surface area contributed by atoms with E-state index in [1.165, 1.54) is 12.1 Å². The average Bonchev–Trinajstić information content (AvgIpc) is 2.22. The summed E-state index contributed by atoms with van der Waals surface area (Å²) < 4.78 is 56.2. The predicted octanol–water partition coefficient (Wildman–Crippen LogP) is 2.20. The number of benzene rings is 1. The molecule has 0 unspecified atom stereocenters. The van der Waals surface area contributed by atoms with E-state index in [9.17, 15) is 17.6 Å². The summed E-state index contributed by atoms with van der Waals surface area (Å²) in [5.74, 6) is -0.434. The first-order valence-electron chi connectivity index (χ1n) is 4.74. The minimum absolute atomic E-state index is 0.118. The van der Waals surface area contributed by atoms with E-state index >= 15 is 0 Å². The van der Waals surface area contributed by atoms with E-state index in [2.05, 4.69) is 4.74 Å². The van der Waals surface area contributed by atoms with Crippen LogP contribution in [0.25, 0.3) is 0 Å². The summed E-state index contributed by atoms with van der Waals surface area (Å²) in [6, 6.07) is 3.74. The zero-order chi connectivity index (χ0) is 12.9. The highest BCUT2D eigenvalue weighted by molar-refractivity contribution is 5.29. The fourth-order valence-electron chi connectivity index (χ4n) is 1.14. The van der Waals surface area contributed by atoms with Crippen molar-refractivity contribution in [1.82, 2.24) is 0 Å². The quantitative estimate of drug-likeness (QED) is 0.646. The van der Waals surface area contributed by atoms with Crippen molar-refractivity contribution in [2.24, 2.45) is 5.73 Å². The molecule has 0 radical (unpaired) electrons. The number of hydrogen-bond donors (Lipinski definition) is 1. The van der Waals surface area contributed by atoms with Crippen LogP contribution >= 0.6 is 0 Å². The standard InChI is InChI=1S/C10H11F4NO2/c11-8-3-7(6-15)4-9(5-8)16-1-2-17-10(12,13)14/h3-5H,1-2,6,15H2. The molecule has 2 N–H and O–H groups in total. The first kappa shape index (κ1) is 13.7. The predicted molar refractivity (Wildman–Crippen MR) is 51.8 cm³/mol. The van der Waals surface area contributed by atoms with E-state index in [4.69, 9.17) is 10.5 Å². The molecule has 0 bridgehead atoms. The lowest BCUT2D eigenvalue weighted by atomic mass is 10.2. The van der Waals surface area contributed by atoms with Gasteiger partial charge in [-0.3, -0.25) is 4.74 Å². The molecular weight excluding hydrogens is 242 g/mol. The monoisotopic (exact) mass is 253 g/mol. The largest absolute Gasteiger partial charge is 0.522 e. The third kappa shape index (κ3) is 5.50. The van der Waals surface area contributed by atoms with Gasteiger partial charge in [-0.15, -0.1) is 13.2 Å². The molecular formula is C10H11F4NO2. The molecule has 0 saturated carbocycles. The Morgan fingerprint density at radius 2 is 1.82 bits per heavy atom. The molecule has 17 heavy (non-hydrogen) atoms. The summed E-state index contributed by atoms with van der Waals surface area (Å²) in [5.41, 5.74) is 5.80. The zero-order valence-electron chi connectivity index (χ0n) is 8.76. The van der Waals surface area contributed by atoms with Crippen LogP contribution in [0.2, 0.25) is 0 Å². The number of halogens is 4. The van der Waals surface area contributed by atoms with Crippen LogP contribution in [0.1, 0.15) is 5.56 Å². The Balaban J connectivity index is 2.44. The smallest absolute Gasteiger partial charge is 0.491 e. The minimum Gasteiger partial charge on any atom is -0.491 e. The minimum atomic E-state index is -4.69. The van der Waals surface area contributed by atoms with Gasteiger partial charge in [0.1, 0.15) is 18.2 Å². The van der Waals surface area contributed by atoms with Crippen LogP contribution in [-0.4, -0.2) is 19.6 Å². The van der Waals surface area contributed by atoms with Crippen LogP contribution in [-0.2, 0) is 11.3 Å². The fraction of sp³-hybridized carbons (Fsp3) is 0.400. The summed E-state index contributed by atoms with van der Waals surface area (Å²) in [7, 11) is 0. The first-order valence-corrected chi connectivity index (χ1v) is 4.74. The van der Waals surface area contributed by atoms with E-state index in [0.29, 0.717) is 5.56 Å². The average molecular weight is 253 g/mol. The molecule has 0 heterocycles. The van der Waals surface area contributed by atoms with Crippen LogP contribution in [0.3, 0.4) is 0 Å². The number of hydrogen-bond acceptors (Lipinski definition) is 3. The second-order valence-corrected chi connectivity index (χ2v) is 3.14. The highest BCUT2D eigenvalue weighted by Gasteiger charge is 2.28. The molecule has 0 aliphatic heterocycles. The maximum atomic E-state index is 13.0. The van der Waals surface area contributed by atoms with Crippen LogP contribution in [0.15, 0.2) is 18.2 Å². The summed E-state index contributed by atoms with van der Waals surface area (Å²) in [6.45, 7) is -0.863. The highest BCUT2D eigenvalue weighted by atomic mass is 19.4. The number of ether oxygens (including phenoxy) is 2. The van der Waals surface area contributed by atoms with Gasteiger partial charge in [0.05, 0.1) is 6.61 Å². The summed E-state index contributed by atoms with van der Waals surface area (Å²) in [5, 5.41) is 0. The molecule has 1 aromatic rings. The van der Waals surface area contributed by atoms with Crippen molar-refractivity contribution in [2.75, 3.05) is 13.2 Å². The van der Waals surface area contributed by atoms with Gasteiger partial charge in [0, 0.05) is 12.6 Å². The van der Waals surface area contributed by atoms with Crippen molar-refractivity contribution in [3.05, 3.63) is 29.6 Å². The fourth-order valence-corrected chi connectivity index (χ4v) is 1.14. The molecule has 0 aliphatic carbocycles. The SMILES string of the molecule is NCc1cc(F)cc(OCCOC(F)(F)F)c1. The Hall–Kier alpha value is -1.34. The van der Waals surface area contributed by atoms with Crippen LogP contribution < -0.4 is 10.5 Å². The third-order valence-corrected chi connectivity index (χ3v) is 1.78. The molecule has 0 fully saturated rings. The Bertz CT molecular complexity index is 368. The lowest BCUT2D eigenvalue weighted by Crippen LogP contribution is -2.18. The normalized spacial score (nSPS) is 11.6. The van der Waals surface area contributed by atoms with Crippen LogP contribution in [0, 0.1) is 5.82 Å². The van der Waals surface area contributed by atoms with Gasteiger partial charge in [-0.2, -0.15) is 0 Å². The van der Waals surface area contributed by atoms with Gasteiger partial charge in [0.2, 0.25) is 0 Å². The van der Waals surface area contributed by atoms with Crippen molar-refractivity contribution in [1.29, 1.82) is 0 Å². The molecule has 0 amide bonds. The van der Waals surface area contributed by atoms with Gasteiger partial charge in [0.25, 0.3) is 0 Å². The van der Waals surface area contributed by atoms with E-state index in [-0.39, 0.29) is 18.9 Å². The number of rotatable bonds is 5. The molecule has 1 aromatic carbocycles. The molecule has 1 rings (SSSR count). The van der Waals surface area contributed by atoms with Gasteiger partial charge in [-0.1, -0.05) is 0 Å². The molecule has 3 nitrogen and oxygen atoms in total.